The smallest absolute Gasteiger partial charge is 0.0120 e. The van der Waals surface area contributed by atoms with Gasteiger partial charge in [-0.3, -0.25) is 0 Å². The molecule has 1 aliphatic rings. The third kappa shape index (κ3) is 1.42. The maximum Gasteiger partial charge on any atom is 0.0120 e. The van der Waals surface area contributed by atoms with Crippen LogP contribution < -0.4 is 0 Å². The van der Waals surface area contributed by atoms with Crippen LogP contribution in [0.5, 0.6) is 0 Å². The normalized spacial score (nSPS) is 26.5. The van der Waals surface area contributed by atoms with Gasteiger partial charge in [-0.25, -0.2) is 0 Å². The second-order valence-electron chi connectivity index (χ2n) is 3.72. The van der Waals surface area contributed by atoms with E-state index in [-0.39, 0.29) is 5.41 Å². The lowest BCUT2D eigenvalue weighted by Crippen LogP contribution is -2.23. The van der Waals surface area contributed by atoms with Gasteiger partial charge in [0.05, 0.1) is 0 Å². The third-order valence-corrected chi connectivity index (χ3v) is 3.91. The second-order valence-corrected chi connectivity index (χ2v) is 4.85. The maximum absolute atomic E-state index is 3.95. The Kier molecular flexibility index (Phi) is 2.20. The van der Waals surface area contributed by atoms with E-state index in [0.717, 1.165) is 0 Å². The van der Waals surface area contributed by atoms with Gasteiger partial charge < -0.3 is 0 Å². The van der Waals surface area contributed by atoms with Crippen LogP contribution in [0.2, 0.25) is 0 Å². The minimum Gasteiger partial charge on any atom is -0.126 e. The summed E-state index contributed by atoms with van der Waals surface area (Å²) in [7, 11) is 0. The van der Waals surface area contributed by atoms with Gasteiger partial charge in [0, 0.05) is 10.3 Å². The van der Waals surface area contributed by atoms with Gasteiger partial charge in [0.15, 0.2) is 0 Å². The molecule has 0 saturated heterocycles. The highest BCUT2D eigenvalue weighted by Crippen LogP contribution is 2.41. The molecule has 0 unspecified atom stereocenters. The van der Waals surface area contributed by atoms with Crippen molar-refractivity contribution in [3.63, 3.8) is 0 Å². The molecule has 0 bridgehead atoms. The Bertz CT molecular complexity index is 330. The van der Waals surface area contributed by atoms with Gasteiger partial charge >= 0.3 is 0 Å². The molecule has 0 N–H and O–H groups in total. The highest BCUT2D eigenvalue weighted by atomic mass is 32.2. The van der Waals surface area contributed by atoms with E-state index < -0.39 is 0 Å². The van der Waals surface area contributed by atoms with Gasteiger partial charge in [-0.05, 0) is 23.8 Å². The largest absolute Gasteiger partial charge is 0.126 e. The van der Waals surface area contributed by atoms with E-state index in [1.807, 2.05) is 11.8 Å². The highest BCUT2D eigenvalue weighted by molar-refractivity contribution is 7.99. The molecule has 0 radical (unpaired) electrons. The molecule has 0 aromatic heterocycles. The molecule has 1 aliphatic heterocycles. The summed E-state index contributed by atoms with van der Waals surface area (Å²) in [4.78, 5) is 1.43. The summed E-state index contributed by atoms with van der Waals surface area (Å²) in [6.45, 7) is 6.22. The van der Waals surface area contributed by atoms with Gasteiger partial charge in [-0.2, -0.15) is 0 Å². The maximum atomic E-state index is 3.95. The lowest BCUT2D eigenvalue weighted by Gasteiger charge is -2.32. The summed E-state index contributed by atoms with van der Waals surface area (Å²) < 4.78 is 0. The molecule has 0 spiro atoms. The molecule has 13 heavy (non-hydrogen) atoms. The van der Waals surface area contributed by atoms with Crippen LogP contribution in [0.1, 0.15) is 18.9 Å². The minimum atomic E-state index is 0.196. The zero-order valence-electron chi connectivity index (χ0n) is 7.92. The van der Waals surface area contributed by atoms with Crippen LogP contribution in [0.3, 0.4) is 0 Å². The first-order chi connectivity index (χ1) is 6.26. The van der Waals surface area contributed by atoms with Gasteiger partial charge in [0.25, 0.3) is 0 Å². The Morgan fingerprint density at radius 1 is 1.46 bits per heavy atom. The van der Waals surface area contributed by atoms with E-state index >= 15 is 0 Å². The summed E-state index contributed by atoms with van der Waals surface area (Å²) in [6.07, 6.45) is 3.30. The van der Waals surface area contributed by atoms with Crippen molar-refractivity contribution in [1.29, 1.82) is 0 Å². The fraction of sp³-hybridized carbons (Fsp3) is 0.333. The topological polar surface area (TPSA) is 0 Å². The van der Waals surface area contributed by atoms with E-state index in [4.69, 9.17) is 0 Å². The van der Waals surface area contributed by atoms with Crippen LogP contribution in [-0.2, 0) is 5.41 Å². The first kappa shape index (κ1) is 8.89. The second kappa shape index (κ2) is 3.22. The first-order valence-corrected chi connectivity index (χ1v) is 5.61. The number of rotatable bonds is 1. The van der Waals surface area contributed by atoms with Gasteiger partial charge in [-0.1, -0.05) is 31.2 Å². The number of thioether (sulfide) groups is 1. The summed E-state index contributed by atoms with van der Waals surface area (Å²) in [5.74, 6) is 1.21. The van der Waals surface area contributed by atoms with E-state index in [9.17, 15) is 0 Å². The summed E-state index contributed by atoms with van der Waals surface area (Å²) >= 11 is 1.96. The molecule has 68 valence electrons. The molecule has 2 rings (SSSR count). The van der Waals surface area contributed by atoms with Crippen molar-refractivity contribution in [2.45, 2.75) is 23.7 Å². The van der Waals surface area contributed by atoms with Crippen molar-refractivity contribution in [1.82, 2.24) is 0 Å². The predicted octanol–water partition coefficient (Wildman–Crippen LogP) is 3.63. The molecule has 0 nitrogen and oxygen atoms in total. The lowest BCUT2D eigenvalue weighted by atomic mass is 9.80. The molecule has 0 saturated carbocycles. The van der Waals surface area contributed by atoms with Crippen LogP contribution in [0.15, 0.2) is 41.8 Å². The van der Waals surface area contributed by atoms with Crippen LogP contribution in [0, 0.1) is 0 Å². The van der Waals surface area contributed by atoms with Crippen molar-refractivity contribution < 1.29 is 0 Å². The quantitative estimate of drug-likeness (QED) is 0.609. The fourth-order valence-electron chi connectivity index (χ4n) is 1.78. The number of allylic oxidation sites excluding steroid dienone is 1. The minimum absolute atomic E-state index is 0.196. The fourth-order valence-corrected chi connectivity index (χ4v) is 3.16. The van der Waals surface area contributed by atoms with E-state index in [1.54, 1.807) is 0 Å². The Morgan fingerprint density at radius 3 is 3.00 bits per heavy atom. The Morgan fingerprint density at radius 2 is 2.23 bits per heavy atom. The van der Waals surface area contributed by atoms with Gasteiger partial charge in [-0.15, -0.1) is 18.3 Å². The summed E-state index contributed by atoms with van der Waals surface area (Å²) in [5, 5.41) is 0. The zero-order valence-corrected chi connectivity index (χ0v) is 8.73. The van der Waals surface area contributed by atoms with Crippen molar-refractivity contribution >= 4 is 11.8 Å². The predicted molar refractivity (Wildman–Crippen MR) is 59.3 cm³/mol. The molecule has 1 heterocycles. The Labute approximate surface area is 84.0 Å². The number of hydrogen-bond acceptors (Lipinski definition) is 1. The number of benzene rings is 1. The van der Waals surface area contributed by atoms with E-state index in [0.29, 0.717) is 0 Å². The standard InChI is InChI=1S/C12H14S/c1-3-12(2)8-9-13-11-7-5-4-6-10(11)12/h3-7H,1,8-9H2,2H3/t12-/m1/s1. The number of fused-ring (bicyclic) bond motifs is 1. The lowest BCUT2D eigenvalue weighted by molar-refractivity contribution is 0.559. The Hall–Kier alpha value is -0.690. The van der Waals surface area contributed by atoms with Crippen LogP contribution in [-0.4, -0.2) is 5.75 Å². The third-order valence-electron chi connectivity index (χ3n) is 2.83. The van der Waals surface area contributed by atoms with Crippen LogP contribution in [0.25, 0.3) is 0 Å². The van der Waals surface area contributed by atoms with Gasteiger partial charge in [0.2, 0.25) is 0 Å². The highest BCUT2D eigenvalue weighted by Gasteiger charge is 2.28. The van der Waals surface area contributed by atoms with E-state index in [1.165, 1.54) is 22.6 Å². The molecule has 1 atom stereocenters. The number of hydrogen-bond donors (Lipinski definition) is 0. The van der Waals surface area contributed by atoms with Crippen LogP contribution in [0.4, 0.5) is 0 Å². The SMILES string of the molecule is C=C[C@]1(C)CCSc2ccccc21. The first-order valence-electron chi connectivity index (χ1n) is 4.62. The molecular weight excluding hydrogens is 176 g/mol. The molecular formula is C12H14S. The molecule has 0 fully saturated rings. The zero-order chi connectivity index (χ0) is 9.31. The average molecular weight is 190 g/mol. The molecule has 0 amide bonds. The monoisotopic (exact) mass is 190 g/mol. The van der Waals surface area contributed by atoms with Crippen molar-refractivity contribution in [2.75, 3.05) is 5.75 Å². The molecule has 1 aromatic carbocycles. The summed E-state index contributed by atoms with van der Waals surface area (Å²) in [5.41, 5.74) is 1.64. The van der Waals surface area contributed by atoms with Crippen molar-refractivity contribution in [2.24, 2.45) is 0 Å². The molecule has 1 aromatic rings. The van der Waals surface area contributed by atoms with Crippen molar-refractivity contribution in [3.05, 3.63) is 42.5 Å². The average Bonchev–Trinajstić information content (AvgIpc) is 2.19. The Balaban J connectivity index is 2.54. The van der Waals surface area contributed by atoms with Crippen LogP contribution >= 0.6 is 11.8 Å². The summed E-state index contributed by atoms with van der Waals surface area (Å²) in [6, 6.07) is 8.66. The van der Waals surface area contributed by atoms with E-state index in [2.05, 4.69) is 43.8 Å². The van der Waals surface area contributed by atoms with Gasteiger partial charge in [0.1, 0.15) is 0 Å². The molecule has 1 heteroatoms. The van der Waals surface area contributed by atoms with Crippen molar-refractivity contribution in [3.8, 4) is 0 Å². The molecule has 0 aliphatic carbocycles.